The van der Waals surface area contributed by atoms with E-state index < -0.39 is 0 Å². The Kier molecular flexibility index (Phi) is 7.60. The van der Waals surface area contributed by atoms with E-state index in [0.29, 0.717) is 11.8 Å². The molecule has 0 fully saturated rings. The Balaban J connectivity index is 0.818. The van der Waals surface area contributed by atoms with E-state index in [1.54, 1.807) is 0 Å². The minimum atomic E-state index is 0.358. The molecule has 0 spiro atoms. The van der Waals surface area contributed by atoms with Gasteiger partial charge in [0.25, 0.3) is 0 Å². The first-order valence-electron chi connectivity index (χ1n) is 20.7. The predicted octanol–water partition coefficient (Wildman–Crippen LogP) is 15.6. The molecule has 0 saturated heterocycles. The third-order valence-corrected chi connectivity index (χ3v) is 13.0. The number of fused-ring (bicyclic) bond motifs is 10. The Morgan fingerprint density at radius 2 is 0.845 bits per heavy atom. The average Bonchev–Trinajstić information content (AvgIpc) is 3.30. The summed E-state index contributed by atoms with van der Waals surface area (Å²) in [6.07, 6.45) is 21.1. The lowest BCUT2D eigenvalue weighted by Crippen LogP contribution is -2.13. The fraction of sp³-hybridized carbons (Fsp3) is 0.0690. The molecule has 12 rings (SSSR count). The summed E-state index contributed by atoms with van der Waals surface area (Å²) in [6, 6.07) is 59.2. The highest BCUT2D eigenvalue weighted by atomic mass is 14.3. The molecule has 0 saturated carbocycles. The molecular weight excluding hydrogens is 697 g/mol. The Hall–Kier alpha value is -7.02. The molecule has 9 aromatic carbocycles. The fourth-order valence-electron chi connectivity index (χ4n) is 9.89. The van der Waals surface area contributed by atoms with Crippen LogP contribution in [0.4, 0.5) is 0 Å². The van der Waals surface area contributed by atoms with Crippen molar-refractivity contribution in [2.45, 2.75) is 12.8 Å². The molecule has 272 valence electrons. The minimum absolute atomic E-state index is 0.358. The molecule has 0 amide bonds. The molecule has 3 aliphatic rings. The monoisotopic (exact) mass is 736 g/mol. The summed E-state index contributed by atoms with van der Waals surface area (Å²) >= 11 is 0. The summed E-state index contributed by atoms with van der Waals surface area (Å²) in [5.74, 6) is 0.725. The maximum Gasteiger partial charge on any atom is 0.00571 e. The van der Waals surface area contributed by atoms with Crippen LogP contribution < -0.4 is 0 Å². The van der Waals surface area contributed by atoms with Gasteiger partial charge in [0.05, 0.1) is 0 Å². The van der Waals surface area contributed by atoms with Gasteiger partial charge < -0.3 is 0 Å². The van der Waals surface area contributed by atoms with Crippen LogP contribution in [0.1, 0.15) is 28.7 Å². The summed E-state index contributed by atoms with van der Waals surface area (Å²) in [5, 5.41) is 13.0. The topological polar surface area (TPSA) is 0 Å². The summed E-state index contributed by atoms with van der Waals surface area (Å²) in [6.45, 7) is 0. The van der Waals surface area contributed by atoms with E-state index in [4.69, 9.17) is 0 Å². The standard InChI is InChI=1S/C58H40/c1-2-8-39-30-42(14-12-37(39)6-1)43-15-16-45-33-46(18-17-44(45)32-43)49-22-27-56-52(36-49)24-29-57-55-26-21-48(35-51(55)23-28-58(56)57)41-10-5-9-40(31-41)47-20-25-54-50(34-47)19-13-38-7-3-4-11-53(38)54/h1-3,5-10,12-36,44-45H,4,11H2. The van der Waals surface area contributed by atoms with Crippen LogP contribution in [-0.2, 0) is 6.42 Å². The number of hydrogen-bond donors (Lipinski definition) is 0. The normalized spacial score (nSPS) is 17.2. The van der Waals surface area contributed by atoms with Crippen LogP contribution in [0.5, 0.6) is 0 Å². The first-order valence-corrected chi connectivity index (χ1v) is 20.7. The highest BCUT2D eigenvalue weighted by molar-refractivity contribution is 6.18. The van der Waals surface area contributed by atoms with Gasteiger partial charge in [0.15, 0.2) is 0 Å². The fourth-order valence-corrected chi connectivity index (χ4v) is 9.89. The molecular formula is C58H40. The van der Waals surface area contributed by atoms with Crippen molar-refractivity contribution in [1.82, 2.24) is 0 Å². The molecule has 2 atom stereocenters. The molecule has 9 aromatic rings. The van der Waals surface area contributed by atoms with Crippen molar-refractivity contribution in [3.8, 4) is 22.3 Å². The number of aryl methyl sites for hydroxylation is 1. The van der Waals surface area contributed by atoms with Gasteiger partial charge in [-0.1, -0.05) is 176 Å². The maximum atomic E-state index is 2.45. The van der Waals surface area contributed by atoms with Gasteiger partial charge in [-0.25, -0.2) is 0 Å². The number of hydrogen-bond acceptors (Lipinski definition) is 0. The van der Waals surface area contributed by atoms with Gasteiger partial charge in [0, 0.05) is 11.8 Å². The summed E-state index contributed by atoms with van der Waals surface area (Å²) < 4.78 is 0. The van der Waals surface area contributed by atoms with Crippen LogP contribution in [0.3, 0.4) is 0 Å². The molecule has 0 heterocycles. The second-order valence-corrected chi connectivity index (χ2v) is 16.4. The van der Waals surface area contributed by atoms with Gasteiger partial charge in [0.1, 0.15) is 0 Å². The molecule has 0 N–H and O–H groups in total. The maximum absolute atomic E-state index is 2.45. The molecule has 0 heteroatoms. The number of benzene rings is 9. The predicted molar refractivity (Wildman–Crippen MR) is 250 cm³/mol. The molecule has 0 nitrogen and oxygen atoms in total. The van der Waals surface area contributed by atoms with E-state index >= 15 is 0 Å². The van der Waals surface area contributed by atoms with Gasteiger partial charge in [0.2, 0.25) is 0 Å². The first kappa shape index (κ1) is 33.2. The number of allylic oxidation sites excluding steroid dienone is 9. The molecule has 0 aliphatic heterocycles. The Bertz CT molecular complexity index is 3340. The first-order chi connectivity index (χ1) is 28.7. The largest absolute Gasteiger partial charge is 0.0836 e. The lowest BCUT2D eigenvalue weighted by atomic mass is 9.78. The van der Waals surface area contributed by atoms with Crippen molar-refractivity contribution in [1.29, 1.82) is 0 Å². The van der Waals surface area contributed by atoms with E-state index in [0.717, 1.165) is 12.8 Å². The van der Waals surface area contributed by atoms with Gasteiger partial charge >= 0.3 is 0 Å². The van der Waals surface area contributed by atoms with Gasteiger partial charge in [-0.05, 0) is 153 Å². The summed E-state index contributed by atoms with van der Waals surface area (Å²) in [4.78, 5) is 0. The van der Waals surface area contributed by atoms with E-state index in [2.05, 4.69) is 206 Å². The van der Waals surface area contributed by atoms with Crippen molar-refractivity contribution < 1.29 is 0 Å². The molecule has 0 bridgehead atoms. The lowest BCUT2D eigenvalue weighted by molar-refractivity contribution is 0.665. The van der Waals surface area contributed by atoms with Crippen molar-refractivity contribution in [2.75, 3.05) is 0 Å². The lowest BCUT2D eigenvalue weighted by Gasteiger charge is -2.26. The van der Waals surface area contributed by atoms with Crippen LogP contribution in [0.2, 0.25) is 0 Å². The van der Waals surface area contributed by atoms with E-state index in [1.165, 1.54) is 110 Å². The Morgan fingerprint density at radius 3 is 1.53 bits per heavy atom. The zero-order valence-corrected chi connectivity index (χ0v) is 32.2. The smallest absolute Gasteiger partial charge is 0.00571 e. The van der Waals surface area contributed by atoms with Crippen LogP contribution in [0.15, 0.2) is 200 Å². The van der Waals surface area contributed by atoms with Gasteiger partial charge in [-0.3, -0.25) is 0 Å². The highest BCUT2D eigenvalue weighted by Gasteiger charge is 2.22. The third kappa shape index (κ3) is 5.59. The molecule has 58 heavy (non-hydrogen) atoms. The van der Waals surface area contributed by atoms with Crippen molar-refractivity contribution in [2.24, 2.45) is 11.8 Å². The third-order valence-electron chi connectivity index (χ3n) is 13.0. The van der Waals surface area contributed by atoms with E-state index in [1.807, 2.05) is 0 Å². The highest BCUT2D eigenvalue weighted by Crippen LogP contribution is 2.40. The van der Waals surface area contributed by atoms with Gasteiger partial charge in [-0.2, -0.15) is 0 Å². The van der Waals surface area contributed by atoms with Crippen molar-refractivity contribution >= 4 is 71.1 Å². The quantitative estimate of drug-likeness (QED) is 0.158. The summed E-state index contributed by atoms with van der Waals surface area (Å²) in [7, 11) is 0. The van der Waals surface area contributed by atoms with E-state index in [9.17, 15) is 0 Å². The van der Waals surface area contributed by atoms with Gasteiger partial charge in [-0.15, -0.1) is 0 Å². The van der Waals surface area contributed by atoms with Crippen LogP contribution in [-0.4, -0.2) is 0 Å². The Morgan fingerprint density at radius 1 is 0.345 bits per heavy atom. The molecule has 0 radical (unpaired) electrons. The zero-order chi connectivity index (χ0) is 38.2. The number of rotatable bonds is 4. The van der Waals surface area contributed by atoms with Crippen molar-refractivity contribution in [3.63, 3.8) is 0 Å². The summed E-state index contributed by atoms with van der Waals surface area (Å²) in [5.41, 5.74) is 13.0. The van der Waals surface area contributed by atoms with Crippen molar-refractivity contribution in [3.05, 3.63) is 223 Å². The average molecular weight is 737 g/mol. The van der Waals surface area contributed by atoms with E-state index in [-0.39, 0.29) is 0 Å². The second kappa shape index (κ2) is 13.3. The zero-order valence-electron chi connectivity index (χ0n) is 32.2. The molecule has 2 unspecified atom stereocenters. The molecule has 3 aliphatic carbocycles. The van der Waals surface area contributed by atoms with Crippen LogP contribution >= 0.6 is 0 Å². The second-order valence-electron chi connectivity index (χ2n) is 16.4. The van der Waals surface area contributed by atoms with Crippen LogP contribution in [0, 0.1) is 11.8 Å². The SMILES string of the molecule is C1=Cc2ccc3cc(-c4cccc(-c5ccc6c(ccc7c8ccc(C9=CC%10C=CC(c%11ccc%12ccccc%12c%11)=CC%10C=C9)cc8ccc67)c5)c4)ccc3c2CC1. The molecule has 0 aromatic heterocycles. The minimum Gasteiger partial charge on any atom is -0.0836 e. The van der Waals surface area contributed by atoms with Crippen LogP contribution in [0.25, 0.3) is 93.3 Å². The Labute approximate surface area is 339 Å².